The van der Waals surface area contributed by atoms with E-state index in [1.807, 2.05) is 31.2 Å². The minimum atomic E-state index is -3.49. The van der Waals surface area contributed by atoms with E-state index in [2.05, 4.69) is 16.9 Å². The molecule has 0 amide bonds. The van der Waals surface area contributed by atoms with Gasteiger partial charge in [-0.05, 0) is 19.4 Å². The SMILES string of the molecule is Cc1cccc(CNS(=O)(=O)C(C)C(N)=S)c1. The molecule has 6 heteroatoms. The molecule has 0 aliphatic rings. The molecule has 1 unspecified atom stereocenters. The summed E-state index contributed by atoms with van der Waals surface area (Å²) in [6.07, 6.45) is 0. The highest BCUT2D eigenvalue weighted by Crippen LogP contribution is 2.05. The zero-order valence-electron chi connectivity index (χ0n) is 9.80. The van der Waals surface area contributed by atoms with Crippen LogP contribution in [0.4, 0.5) is 0 Å². The van der Waals surface area contributed by atoms with Crippen molar-refractivity contribution >= 4 is 27.2 Å². The fourth-order valence-corrected chi connectivity index (χ4v) is 2.59. The third kappa shape index (κ3) is 4.07. The van der Waals surface area contributed by atoms with Crippen LogP contribution in [0.1, 0.15) is 18.1 Å². The molecular formula is C11H16N2O2S2. The normalized spacial score (nSPS) is 13.3. The van der Waals surface area contributed by atoms with Crippen molar-refractivity contribution in [1.29, 1.82) is 0 Å². The van der Waals surface area contributed by atoms with Crippen LogP contribution in [0.25, 0.3) is 0 Å². The lowest BCUT2D eigenvalue weighted by molar-refractivity contribution is 0.578. The molecule has 94 valence electrons. The topological polar surface area (TPSA) is 72.2 Å². The van der Waals surface area contributed by atoms with E-state index in [0.29, 0.717) is 0 Å². The van der Waals surface area contributed by atoms with Crippen LogP contribution in [0.15, 0.2) is 24.3 Å². The highest BCUT2D eigenvalue weighted by Gasteiger charge is 2.22. The van der Waals surface area contributed by atoms with Gasteiger partial charge in [0.05, 0.1) is 4.99 Å². The fourth-order valence-electron chi connectivity index (χ4n) is 1.28. The van der Waals surface area contributed by atoms with Crippen molar-refractivity contribution in [3.05, 3.63) is 35.4 Å². The Labute approximate surface area is 107 Å². The Morgan fingerprint density at radius 1 is 1.53 bits per heavy atom. The molecule has 1 atom stereocenters. The van der Waals surface area contributed by atoms with Gasteiger partial charge in [0.15, 0.2) is 0 Å². The lowest BCUT2D eigenvalue weighted by Crippen LogP contribution is -2.39. The molecule has 1 rings (SSSR count). The van der Waals surface area contributed by atoms with E-state index < -0.39 is 15.3 Å². The van der Waals surface area contributed by atoms with E-state index in [1.165, 1.54) is 6.92 Å². The Balaban J connectivity index is 2.71. The van der Waals surface area contributed by atoms with Gasteiger partial charge in [0.1, 0.15) is 5.25 Å². The van der Waals surface area contributed by atoms with Gasteiger partial charge in [-0.2, -0.15) is 0 Å². The van der Waals surface area contributed by atoms with Gasteiger partial charge in [-0.3, -0.25) is 0 Å². The van der Waals surface area contributed by atoms with Gasteiger partial charge in [-0.15, -0.1) is 0 Å². The number of aryl methyl sites for hydroxylation is 1. The molecule has 0 aliphatic heterocycles. The molecule has 17 heavy (non-hydrogen) atoms. The number of sulfonamides is 1. The molecule has 0 heterocycles. The monoisotopic (exact) mass is 272 g/mol. The summed E-state index contributed by atoms with van der Waals surface area (Å²) in [4.78, 5) is -0.0262. The zero-order valence-corrected chi connectivity index (χ0v) is 11.4. The predicted octanol–water partition coefficient (Wildman–Crippen LogP) is 1.09. The quantitative estimate of drug-likeness (QED) is 0.787. The molecular weight excluding hydrogens is 256 g/mol. The predicted molar refractivity (Wildman–Crippen MR) is 73.2 cm³/mol. The second-order valence-electron chi connectivity index (χ2n) is 3.90. The van der Waals surface area contributed by atoms with Crippen molar-refractivity contribution in [3.8, 4) is 0 Å². The van der Waals surface area contributed by atoms with Gasteiger partial charge in [0.2, 0.25) is 10.0 Å². The van der Waals surface area contributed by atoms with E-state index in [0.717, 1.165) is 11.1 Å². The smallest absolute Gasteiger partial charge is 0.221 e. The molecule has 1 aromatic carbocycles. The number of nitrogens with one attached hydrogen (secondary N) is 1. The first kappa shape index (κ1) is 14.1. The number of thiocarbonyl (C=S) groups is 1. The summed E-state index contributed by atoms with van der Waals surface area (Å²) >= 11 is 4.68. The fraction of sp³-hybridized carbons (Fsp3) is 0.364. The van der Waals surface area contributed by atoms with Crippen molar-refractivity contribution in [1.82, 2.24) is 4.72 Å². The van der Waals surface area contributed by atoms with Gasteiger partial charge in [-0.1, -0.05) is 42.0 Å². The maximum atomic E-state index is 11.8. The number of hydrogen-bond acceptors (Lipinski definition) is 3. The van der Waals surface area contributed by atoms with Crippen LogP contribution in [0, 0.1) is 6.92 Å². The number of rotatable bonds is 5. The van der Waals surface area contributed by atoms with Gasteiger partial charge < -0.3 is 5.73 Å². The van der Waals surface area contributed by atoms with E-state index in [1.54, 1.807) is 0 Å². The van der Waals surface area contributed by atoms with Gasteiger partial charge >= 0.3 is 0 Å². The minimum absolute atomic E-state index is 0.0262. The second kappa shape index (κ2) is 5.57. The molecule has 0 saturated heterocycles. The van der Waals surface area contributed by atoms with E-state index in [4.69, 9.17) is 5.73 Å². The van der Waals surface area contributed by atoms with Crippen molar-refractivity contribution in [2.24, 2.45) is 5.73 Å². The summed E-state index contributed by atoms with van der Waals surface area (Å²) in [6, 6.07) is 7.63. The zero-order chi connectivity index (χ0) is 13.1. The lowest BCUT2D eigenvalue weighted by atomic mass is 10.1. The highest BCUT2D eigenvalue weighted by molar-refractivity contribution is 7.93. The average molecular weight is 272 g/mol. The number of nitrogens with two attached hydrogens (primary N) is 1. The summed E-state index contributed by atoms with van der Waals surface area (Å²) in [5.41, 5.74) is 7.32. The van der Waals surface area contributed by atoms with Crippen molar-refractivity contribution in [2.45, 2.75) is 25.6 Å². The van der Waals surface area contributed by atoms with Crippen LogP contribution in [0.2, 0.25) is 0 Å². The summed E-state index contributed by atoms with van der Waals surface area (Å²) in [7, 11) is -3.49. The Morgan fingerprint density at radius 3 is 2.71 bits per heavy atom. The van der Waals surface area contributed by atoms with Crippen LogP contribution in [0.3, 0.4) is 0 Å². The van der Waals surface area contributed by atoms with Crippen LogP contribution in [0.5, 0.6) is 0 Å². The molecule has 0 spiro atoms. The van der Waals surface area contributed by atoms with Gasteiger partial charge in [-0.25, -0.2) is 13.1 Å². The molecule has 4 nitrogen and oxygen atoms in total. The molecule has 0 radical (unpaired) electrons. The molecule has 0 saturated carbocycles. The van der Waals surface area contributed by atoms with Crippen molar-refractivity contribution in [2.75, 3.05) is 0 Å². The number of hydrogen-bond donors (Lipinski definition) is 2. The van der Waals surface area contributed by atoms with Crippen molar-refractivity contribution in [3.63, 3.8) is 0 Å². The first-order valence-corrected chi connectivity index (χ1v) is 7.12. The Kier molecular flexibility index (Phi) is 4.62. The second-order valence-corrected chi connectivity index (χ2v) is 6.46. The minimum Gasteiger partial charge on any atom is -0.392 e. The molecule has 3 N–H and O–H groups in total. The molecule has 0 aliphatic carbocycles. The Hall–Kier alpha value is -0.980. The van der Waals surface area contributed by atoms with Crippen LogP contribution in [-0.4, -0.2) is 18.7 Å². The Bertz CT molecular complexity index is 512. The molecule has 0 aromatic heterocycles. The summed E-state index contributed by atoms with van der Waals surface area (Å²) in [6.45, 7) is 3.67. The van der Waals surface area contributed by atoms with Crippen molar-refractivity contribution < 1.29 is 8.42 Å². The third-order valence-corrected chi connectivity index (χ3v) is 4.66. The molecule has 0 bridgehead atoms. The first-order valence-electron chi connectivity index (χ1n) is 5.16. The molecule has 1 aromatic rings. The first-order chi connectivity index (χ1) is 7.83. The van der Waals surface area contributed by atoms with Crippen LogP contribution in [-0.2, 0) is 16.6 Å². The van der Waals surface area contributed by atoms with E-state index in [9.17, 15) is 8.42 Å². The summed E-state index contributed by atoms with van der Waals surface area (Å²) in [5, 5.41) is -0.859. The van der Waals surface area contributed by atoms with Gasteiger partial charge in [0, 0.05) is 6.54 Å². The summed E-state index contributed by atoms with van der Waals surface area (Å²) in [5.74, 6) is 0. The Morgan fingerprint density at radius 2 is 2.18 bits per heavy atom. The molecule has 0 fully saturated rings. The van der Waals surface area contributed by atoms with Gasteiger partial charge in [0.25, 0.3) is 0 Å². The highest BCUT2D eigenvalue weighted by atomic mass is 32.2. The largest absolute Gasteiger partial charge is 0.392 e. The van der Waals surface area contributed by atoms with Crippen LogP contribution < -0.4 is 10.5 Å². The maximum Gasteiger partial charge on any atom is 0.221 e. The third-order valence-electron chi connectivity index (χ3n) is 2.43. The standard InChI is InChI=1S/C11H16N2O2S2/c1-8-4-3-5-10(6-8)7-13-17(14,15)9(2)11(12)16/h3-6,9,13H,7H2,1-2H3,(H2,12,16). The van der Waals surface area contributed by atoms with Crippen LogP contribution >= 0.6 is 12.2 Å². The number of benzene rings is 1. The average Bonchev–Trinajstić information content (AvgIpc) is 2.25. The maximum absolute atomic E-state index is 11.8. The lowest BCUT2D eigenvalue weighted by Gasteiger charge is -2.12. The summed E-state index contributed by atoms with van der Waals surface area (Å²) < 4.78 is 26.0. The van der Waals surface area contributed by atoms with E-state index >= 15 is 0 Å². The van der Waals surface area contributed by atoms with E-state index in [-0.39, 0.29) is 11.5 Å².